The van der Waals surface area contributed by atoms with Gasteiger partial charge in [-0.15, -0.1) is 0 Å². The van der Waals surface area contributed by atoms with Gasteiger partial charge in [0.1, 0.15) is 0 Å². The number of nitrogens with zero attached hydrogens (tertiary/aromatic N) is 4. The first-order valence-electron chi connectivity index (χ1n) is 12.7. The summed E-state index contributed by atoms with van der Waals surface area (Å²) in [5.74, 6) is 0.801. The monoisotopic (exact) mass is 441 g/mol. The molecule has 1 aromatic rings. The van der Waals surface area contributed by atoms with E-state index in [1.807, 2.05) is 6.20 Å². The van der Waals surface area contributed by atoms with Gasteiger partial charge in [-0.05, 0) is 96.7 Å². The van der Waals surface area contributed by atoms with Gasteiger partial charge in [-0.2, -0.15) is 0 Å². The van der Waals surface area contributed by atoms with Crippen LogP contribution < -0.4 is 0 Å². The summed E-state index contributed by atoms with van der Waals surface area (Å²) in [6.45, 7) is 7.98. The minimum absolute atomic E-state index is 0.257. The average Bonchev–Trinajstić information content (AvgIpc) is 3.32. The molecule has 0 amide bonds. The van der Waals surface area contributed by atoms with E-state index in [1.165, 1.54) is 63.1 Å². The number of hydrogen-bond acceptors (Lipinski definition) is 5. The summed E-state index contributed by atoms with van der Waals surface area (Å²) in [6.07, 6.45) is 19.4. The van der Waals surface area contributed by atoms with Crippen molar-refractivity contribution >= 4 is 0 Å². The van der Waals surface area contributed by atoms with Gasteiger partial charge in [0.25, 0.3) is 0 Å². The Hall–Kier alpha value is -1.47. The molecule has 3 heterocycles. The van der Waals surface area contributed by atoms with E-state index in [9.17, 15) is 0 Å². The lowest BCUT2D eigenvalue weighted by atomic mass is 9.92. The molecule has 4 rings (SSSR count). The molecule has 3 aliphatic rings. The van der Waals surface area contributed by atoms with Crippen molar-refractivity contribution in [3.05, 3.63) is 42.0 Å². The fourth-order valence-electron chi connectivity index (χ4n) is 5.38. The highest BCUT2D eigenvalue weighted by Gasteiger charge is 2.22. The maximum Gasteiger partial charge on any atom is 0.0921 e. The second kappa shape index (κ2) is 12.1. The van der Waals surface area contributed by atoms with Crippen LogP contribution in [0.1, 0.15) is 44.2 Å². The maximum absolute atomic E-state index is 6.16. The smallest absolute Gasteiger partial charge is 0.0921 e. The molecular weight excluding hydrogens is 398 g/mol. The molecule has 2 aliphatic heterocycles. The standard InChI is InChI=1S/C26H43N5O/c1-29-13-10-25(11-14-29)30(2)20-23-4-6-26(7-5-23)32-17-3-12-31-15-8-22(9-16-31)18-24-19-27-21-28-24/h4-6,19,21-22,25-26H,3,7-18,20H2,1-2H3,(H,27,28). The van der Waals surface area contributed by atoms with Crippen LogP contribution in [0.2, 0.25) is 0 Å². The SMILES string of the molecule is CN1CCC(N(C)CC2=CCC(OCCCN3CCC(Cc4cnc[nH]4)CC3)C=C2)CC1. The third-order valence-corrected chi connectivity index (χ3v) is 7.60. The Bertz CT molecular complexity index is 715. The van der Waals surface area contributed by atoms with Crippen molar-refractivity contribution in [3.63, 3.8) is 0 Å². The molecule has 6 heteroatoms. The highest BCUT2D eigenvalue weighted by Crippen LogP contribution is 2.21. The molecule has 2 saturated heterocycles. The Balaban J connectivity index is 1.05. The van der Waals surface area contributed by atoms with Crippen LogP contribution in [0, 0.1) is 5.92 Å². The van der Waals surface area contributed by atoms with Gasteiger partial charge < -0.3 is 19.5 Å². The van der Waals surface area contributed by atoms with Gasteiger partial charge >= 0.3 is 0 Å². The van der Waals surface area contributed by atoms with Crippen LogP contribution in [-0.4, -0.2) is 96.8 Å². The third kappa shape index (κ3) is 7.27. The molecule has 1 atom stereocenters. The zero-order valence-electron chi connectivity index (χ0n) is 20.2. The van der Waals surface area contributed by atoms with Crippen molar-refractivity contribution in [1.82, 2.24) is 24.7 Å². The Morgan fingerprint density at radius 2 is 1.97 bits per heavy atom. The summed E-state index contributed by atoms with van der Waals surface area (Å²) in [6, 6.07) is 0.727. The first-order chi connectivity index (χ1) is 15.7. The van der Waals surface area contributed by atoms with Crippen molar-refractivity contribution in [2.45, 2.75) is 57.1 Å². The van der Waals surface area contributed by atoms with E-state index in [0.29, 0.717) is 0 Å². The molecule has 1 aliphatic carbocycles. The number of nitrogens with one attached hydrogen (secondary N) is 1. The molecule has 2 fully saturated rings. The van der Waals surface area contributed by atoms with E-state index in [-0.39, 0.29) is 6.10 Å². The molecule has 0 spiro atoms. The van der Waals surface area contributed by atoms with Crippen molar-refractivity contribution in [2.24, 2.45) is 5.92 Å². The number of likely N-dealkylation sites (tertiary alicyclic amines) is 2. The van der Waals surface area contributed by atoms with E-state index in [1.54, 1.807) is 6.33 Å². The first kappa shape index (κ1) is 23.7. The minimum Gasteiger partial charge on any atom is -0.374 e. The molecular formula is C26H43N5O. The lowest BCUT2D eigenvalue weighted by molar-refractivity contribution is 0.0733. The van der Waals surface area contributed by atoms with E-state index in [2.05, 4.69) is 57.0 Å². The number of H-pyrrole nitrogens is 1. The lowest BCUT2D eigenvalue weighted by Gasteiger charge is -2.35. The predicted molar refractivity (Wildman–Crippen MR) is 131 cm³/mol. The summed E-state index contributed by atoms with van der Waals surface area (Å²) in [7, 11) is 4.52. The number of likely N-dealkylation sites (N-methyl/N-ethyl adjacent to an activating group) is 1. The number of aromatic amines is 1. The summed E-state index contributed by atoms with van der Waals surface area (Å²) >= 11 is 0. The molecule has 1 unspecified atom stereocenters. The molecule has 0 radical (unpaired) electrons. The number of ether oxygens (including phenoxy) is 1. The molecule has 0 bridgehead atoms. The average molecular weight is 442 g/mol. The molecule has 6 nitrogen and oxygen atoms in total. The highest BCUT2D eigenvalue weighted by molar-refractivity contribution is 5.26. The van der Waals surface area contributed by atoms with Crippen molar-refractivity contribution in [1.29, 1.82) is 0 Å². The van der Waals surface area contributed by atoms with Crippen molar-refractivity contribution in [3.8, 4) is 0 Å². The van der Waals surface area contributed by atoms with Crippen LogP contribution in [-0.2, 0) is 11.2 Å². The van der Waals surface area contributed by atoms with E-state index < -0.39 is 0 Å². The van der Waals surface area contributed by atoms with Crippen LogP contribution in [0.3, 0.4) is 0 Å². The van der Waals surface area contributed by atoms with E-state index in [0.717, 1.165) is 50.9 Å². The van der Waals surface area contributed by atoms with Gasteiger partial charge in [0, 0.05) is 37.6 Å². The van der Waals surface area contributed by atoms with Gasteiger partial charge in [0.2, 0.25) is 0 Å². The summed E-state index contributed by atoms with van der Waals surface area (Å²) in [5, 5.41) is 0. The minimum atomic E-state index is 0.257. The highest BCUT2D eigenvalue weighted by atomic mass is 16.5. The Morgan fingerprint density at radius 1 is 1.16 bits per heavy atom. The van der Waals surface area contributed by atoms with E-state index in [4.69, 9.17) is 4.74 Å². The van der Waals surface area contributed by atoms with Crippen LogP contribution >= 0.6 is 0 Å². The Kier molecular flexibility index (Phi) is 8.97. The van der Waals surface area contributed by atoms with Crippen LogP contribution in [0.15, 0.2) is 36.3 Å². The number of rotatable bonds is 10. The number of imidazole rings is 1. The zero-order valence-corrected chi connectivity index (χ0v) is 20.2. The summed E-state index contributed by atoms with van der Waals surface area (Å²) < 4.78 is 6.16. The maximum atomic E-state index is 6.16. The Morgan fingerprint density at radius 3 is 2.66 bits per heavy atom. The van der Waals surface area contributed by atoms with Crippen LogP contribution in [0.4, 0.5) is 0 Å². The lowest BCUT2D eigenvalue weighted by Crippen LogP contribution is -2.42. The fourth-order valence-corrected chi connectivity index (χ4v) is 5.38. The molecule has 1 aromatic heterocycles. The Labute approximate surface area is 194 Å². The van der Waals surface area contributed by atoms with Gasteiger partial charge in [0.05, 0.1) is 12.4 Å². The number of piperidine rings is 2. The zero-order chi connectivity index (χ0) is 22.2. The van der Waals surface area contributed by atoms with Crippen LogP contribution in [0.5, 0.6) is 0 Å². The topological polar surface area (TPSA) is 47.6 Å². The fraction of sp³-hybridized carbons (Fsp3) is 0.731. The molecule has 0 aromatic carbocycles. The molecule has 178 valence electrons. The molecule has 1 N–H and O–H groups in total. The summed E-state index contributed by atoms with van der Waals surface area (Å²) in [4.78, 5) is 15.0. The van der Waals surface area contributed by atoms with Crippen molar-refractivity contribution in [2.75, 3.05) is 60.0 Å². The second-order valence-corrected chi connectivity index (χ2v) is 10.2. The van der Waals surface area contributed by atoms with E-state index >= 15 is 0 Å². The molecule has 0 saturated carbocycles. The predicted octanol–water partition coefficient (Wildman–Crippen LogP) is 3.35. The molecule has 32 heavy (non-hydrogen) atoms. The van der Waals surface area contributed by atoms with Crippen LogP contribution in [0.25, 0.3) is 0 Å². The van der Waals surface area contributed by atoms with Gasteiger partial charge in [-0.3, -0.25) is 4.90 Å². The third-order valence-electron chi connectivity index (χ3n) is 7.60. The normalized spacial score (nSPS) is 24.3. The first-order valence-corrected chi connectivity index (χ1v) is 12.7. The van der Waals surface area contributed by atoms with Gasteiger partial charge in [0.15, 0.2) is 0 Å². The largest absolute Gasteiger partial charge is 0.374 e. The quantitative estimate of drug-likeness (QED) is 0.564. The van der Waals surface area contributed by atoms with Gasteiger partial charge in [-0.1, -0.05) is 18.2 Å². The number of aromatic nitrogens is 2. The second-order valence-electron chi connectivity index (χ2n) is 10.2. The van der Waals surface area contributed by atoms with Gasteiger partial charge in [-0.25, -0.2) is 4.98 Å². The summed E-state index contributed by atoms with van der Waals surface area (Å²) in [5.41, 5.74) is 2.73. The number of hydrogen-bond donors (Lipinski definition) is 1. The van der Waals surface area contributed by atoms with Crippen molar-refractivity contribution < 1.29 is 4.74 Å².